The summed E-state index contributed by atoms with van der Waals surface area (Å²) in [6.45, 7) is 6.74. The van der Waals surface area contributed by atoms with Gasteiger partial charge >= 0.3 is 0 Å². The lowest BCUT2D eigenvalue weighted by atomic mass is 10.0. The van der Waals surface area contributed by atoms with Crippen LogP contribution < -0.4 is 5.32 Å². The zero-order valence-electron chi connectivity index (χ0n) is 13.3. The molecular formula is C17H26N2OS. The number of amides is 1. The molecule has 3 nitrogen and oxygen atoms in total. The van der Waals surface area contributed by atoms with E-state index in [2.05, 4.69) is 47.8 Å². The van der Waals surface area contributed by atoms with Gasteiger partial charge in [-0.2, -0.15) is 11.3 Å². The highest BCUT2D eigenvalue weighted by molar-refractivity contribution is 7.07. The van der Waals surface area contributed by atoms with E-state index in [1.165, 1.54) is 18.4 Å². The van der Waals surface area contributed by atoms with Gasteiger partial charge in [0, 0.05) is 6.04 Å². The molecule has 4 heteroatoms. The summed E-state index contributed by atoms with van der Waals surface area (Å²) in [5, 5.41) is 7.87. The van der Waals surface area contributed by atoms with E-state index < -0.39 is 0 Å². The number of nitrogens with one attached hydrogen (secondary N) is 1. The first-order chi connectivity index (χ1) is 10.0. The third-order valence-corrected chi connectivity index (χ3v) is 5.52. The van der Waals surface area contributed by atoms with Crippen molar-refractivity contribution in [2.75, 3.05) is 0 Å². The Hall–Kier alpha value is -0.870. The van der Waals surface area contributed by atoms with Gasteiger partial charge < -0.3 is 4.90 Å². The molecule has 2 heterocycles. The molecule has 2 unspecified atom stereocenters. The molecule has 21 heavy (non-hydrogen) atoms. The summed E-state index contributed by atoms with van der Waals surface area (Å²) in [5.74, 6) is 1.07. The Labute approximate surface area is 131 Å². The molecule has 1 amide bonds. The second-order valence-electron chi connectivity index (χ2n) is 7.07. The minimum Gasteiger partial charge on any atom is -0.319 e. The van der Waals surface area contributed by atoms with Crippen molar-refractivity contribution in [1.29, 1.82) is 0 Å². The van der Waals surface area contributed by atoms with Crippen molar-refractivity contribution in [3.05, 3.63) is 22.4 Å². The maximum Gasteiger partial charge on any atom is 0.244 e. The Kier molecular flexibility index (Phi) is 4.10. The van der Waals surface area contributed by atoms with Gasteiger partial charge in [0.05, 0.1) is 0 Å². The van der Waals surface area contributed by atoms with Gasteiger partial charge in [0.15, 0.2) is 0 Å². The number of carbonyl (C=O) groups excluding carboxylic acids is 1. The molecule has 1 spiro atoms. The standard InChI is InChI=1S/C17H26N2OS/c1-12(2)5-4-6-13(3)19-15(14-7-10-21-11-14)18-17(8-9-17)16(19)20/h7,10-13,15,18H,4-6,8-9H2,1-3H3. The average molecular weight is 306 g/mol. The maximum atomic E-state index is 12.8. The normalized spacial score (nSPS) is 25.0. The molecular weight excluding hydrogens is 280 g/mol. The molecule has 1 aromatic heterocycles. The Balaban J connectivity index is 1.72. The van der Waals surface area contributed by atoms with Crippen LogP contribution in [0, 0.1) is 5.92 Å². The molecule has 1 aromatic rings. The van der Waals surface area contributed by atoms with Gasteiger partial charge in [0.1, 0.15) is 11.7 Å². The number of thiophene rings is 1. The molecule has 116 valence electrons. The Morgan fingerprint density at radius 1 is 1.38 bits per heavy atom. The van der Waals surface area contributed by atoms with Gasteiger partial charge in [-0.3, -0.25) is 10.1 Å². The molecule has 1 saturated heterocycles. The third kappa shape index (κ3) is 2.88. The van der Waals surface area contributed by atoms with E-state index >= 15 is 0 Å². The number of nitrogens with zero attached hydrogens (tertiary/aromatic N) is 1. The van der Waals surface area contributed by atoms with Gasteiger partial charge in [-0.1, -0.05) is 26.7 Å². The molecule has 0 aromatic carbocycles. The van der Waals surface area contributed by atoms with Crippen LogP contribution in [0.5, 0.6) is 0 Å². The van der Waals surface area contributed by atoms with Gasteiger partial charge in [-0.05, 0) is 54.5 Å². The van der Waals surface area contributed by atoms with Crippen molar-refractivity contribution in [2.45, 2.75) is 70.6 Å². The Bertz CT molecular complexity index is 493. The molecule has 1 N–H and O–H groups in total. The van der Waals surface area contributed by atoms with Crippen LogP contribution in [-0.2, 0) is 4.79 Å². The highest BCUT2D eigenvalue weighted by atomic mass is 32.1. The van der Waals surface area contributed by atoms with E-state index in [4.69, 9.17) is 0 Å². The number of carbonyl (C=O) groups is 1. The largest absolute Gasteiger partial charge is 0.319 e. The van der Waals surface area contributed by atoms with Gasteiger partial charge in [0.25, 0.3) is 0 Å². The fourth-order valence-corrected chi connectivity index (χ4v) is 4.01. The number of hydrogen-bond acceptors (Lipinski definition) is 3. The minimum atomic E-state index is -0.223. The molecule has 1 aliphatic carbocycles. The van der Waals surface area contributed by atoms with E-state index in [-0.39, 0.29) is 11.7 Å². The molecule has 3 rings (SSSR count). The smallest absolute Gasteiger partial charge is 0.244 e. The zero-order chi connectivity index (χ0) is 15.0. The average Bonchev–Trinajstić information content (AvgIpc) is 2.90. The molecule has 0 radical (unpaired) electrons. The van der Waals surface area contributed by atoms with Crippen molar-refractivity contribution < 1.29 is 4.79 Å². The van der Waals surface area contributed by atoms with Crippen LogP contribution in [-0.4, -0.2) is 22.4 Å². The number of hydrogen-bond donors (Lipinski definition) is 1. The molecule has 2 aliphatic rings. The first-order valence-corrected chi connectivity index (χ1v) is 9.10. The van der Waals surface area contributed by atoms with Crippen LogP contribution >= 0.6 is 11.3 Å². The Morgan fingerprint density at radius 2 is 2.14 bits per heavy atom. The monoisotopic (exact) mass is 306 g/mol. The highest BCUT2D eigenvalue weighted by Gasteiger charge is 2.60. The second-order valence-corrected chi connectivity index (χ2v) is 7.85. The predicted octanol–water partition coefficient (Wildman–Crippen LogP) is 3.93. The van der Waals surface area contributed by atoms with Crippen LogP contribution in [0.2, 0.25) is 0 Å². The lowest BCUT2D eigenvalue weighted by Gasteiger charge is -2.30. The summed E-state index contributed by atoms with van der Waals surface area (Å²) < 4.78 is 0. The van der Waals surface area contributed by atoms with Crippen LogP contribution in [0.25, 0.3) is 0 Å². The van der Waals surface area contributed by atoms with Crippen molar-refractivity contribution >= 4 is 17.2 Å². The summed E-state index contributed by atoms with van der Waals surface area (Å²) >= 11 is 1.71. The quantitative estimate of drug-likeness (QED) is 0.864. The lowest BCUT2D eigenvalue weighted by Crippen LogP contribution is -2.38. The summed E-state index contributed by atoms with van der Waals surface area (Å²) in [6.07, 6.45) is 5.63. The first kappa shape index (κ1) is 15.0. The zero-order valence-corrected chi connectivity index (χ0v) is 14.1. The minimum absolute atomic E-state index is 0.0836. The topological polar surface area (TPSA) is 32.3 Å². The summed E-state index contributed by atoms with van der Waals surface area (Å²) in [5.41, 5.74) is 1.02. The predicted molar refractivity (Wildman–Crippen MR) is 87.2 cm³/mol. The fraction of sp³-hybridized carbons (Fsp3) is 0.706. The first-order valence-electron chi connectivity index (χ1n) is 8.16. The molecule has 2 fully saturated rings. The highest BCUT2D eigenvalue weighted by Crippen LogP contribution is 2.47. The van der Waals surface area contributed by atoms with Gasteiger partial charge in [0.2, 0.25) is 5.91 Å². The number of rotatable bonds is 6. The van der Waals surface area contributed by atoms with Crippen LogP contribution in [0.15, 0.2) is 16.8 Å². The molecule has 1 saturated carbocycles. The second kappa shape index (κ2) is 5.73. The van der Waals surface area contributed by atoms with Crippen molar-refractivity contribution in [2.24, 2.45) is 5.92 Å². The summed E-state index contributed by atoms with van der Waals surface area (Å²) in [7, 11) is 0. The van der Waals surface area contributed by atoms with Gasteiger partial charge in [-0.25, -0.2) is 0 Å². The van der Waals surface area contributed by atoms with Crippen LogP contribution in [0.4, 0.5) is 0 Å². The fourth-order valence-electron chi connectivity index (χ4n) is 3.33. The summed E-state index contributed by atoms with van der Waals surface area (Å²) in [6, 6.07) is 2.46. The summed E-state index contributed by atoms with van der Waals surface area (Å²) in [4.78, 5) is 14.9. The SMILES string of the molecule is CC(C)CCCC(C)N1C(=O)C2(CC2)NC1c1ccsc1. The van der Waals surface area contributed by atoms with E-state index in [0.29, 0.717) is 11.9 Å². The van der Waals surface area contributed by atoms with Crippen molar-refractivity contribution in [3.63, 3.8) is 0 Å². The van der Waals surface area contributed by atoms with Gasteiger partial charge in [-0.15, -0.1) is 0 Å². The van der Waals surface area contributed by atoms with E-state index in [0.717, 1.165) is 25.2 Å². The van der Waals surface area contributed by atoms with E-state index in [1.807, 2.05) is 0 Å². The maximum absolute atomic E-state index is 12.8. The third-order valence-electron chi connectivity index (χ3n) is 4.82. The Morgan fingerprint density at radius 3 is 2.71 bits per heavy atom. The van der Waals surface area contributed by atoms with E-state index in [9.17, 15) is 4.79 Å². The molecule has 2 atom stereocenters. The van der Waals surface area contributed by atoms with Crippen LogP contribution in [0.3, 0.4) is 0 Å². The van der Waals surface area contributed by atoms with Crippen molar-refractivity contribution in [1.82, 2.24) is 10.2 Å². The molecule has 0 bridgehead atoms. The van der Waals surface area contributed by atoms with Crippen molar-refractivity contribution in [3.8, 4) is 0 Å². The molecule has 1 aliphatic heterocycles. The lowest BCUT2D eigenvalue weighted by molar-refractivity contribution is -0.132. The van der Waals surface area contributed by atoms with E-state index in [1.54, 1.807) is 11.3 Å². The van der Waals surface area contributed by atoms with Crippen LogP contribution in [0.1, 0.15) is 64.6 Å².